The summed E-state index contributed by atoms with van der Waals surface area (Å²) in [6.45, 7) is 4.64. The van der Waals surface area contributed by atoms with Gasteiger partial charge in [0.25, 0.3) is 5.91 Å². The molecule has 0 unspecified atom stereocenters. The molecule has 2 aliphatic rings. The van der Waals surface area contributed by atoms with Crippen molar-refractivity contribution in [2.45, 2.75) is 20.4 Å². The van der Waals surface area contributed by atoms with Gasteiger partial charge in [0.15, 0.2) is 16.7 Å². The van der Waals surface area contributed by atoms with Crippen molar-refractivity contribution in [3.63, 3.8) is 0 Å². The number of rotatable bonds is 6. The molecule has 0 spiro atoms. The van der Waals surface area contributed by atoms with Crippen LogP contribution in [0.2, 0.25) is 0 Å². The molecule has 1 N–H and O–H groups in total. The fourth-order valence-electron chi connectivity index (χ4n) is 3.76. The lowest BCUT2D eigenvalue weighted by Gasteiger charge is -2.18. The van der Waals surface area contributed by atoms with E-state index in [4.69, 9.17) is 9.47 Å². The van der Waals surface area contributed by atoms with Gasteiger partial charge in [0.2, 0.25) is 12.7 Å². The molecule has 36 heavy (non-hydrogen) atoms. The van der Waals surface area contributed by atoms with Crippen molar-refractivity contribution in [2.75, 3.05) is 17.4 Å². The van der Waals surface area contributed by atoms with Crippen LogP contribution in [0.4, 0.5) is 5.69 Å². The fourth-order valence-corrected chi connectivity index (χ4v) is 4.61. The molecule has 2 aliphatic heterocycles. The zero-order valence-electron chi connectivity index (χ0n) is 20.0. The van der Waals surface area contributed by atoms with Gasteiger partial charge in [0.05, 0.1) is 11.4 Å². The molecule has 5 rings (SSSR count). The third-order valence-corrected chi connectivity index (χ3v) is 6.70. The molecule has 3 aromatic rings. The summed E-state index contributed by atoms with van der Waals surface area (Å²) in [5.74, 6) is 1.06. The van der Waals surface area contributed by atoms with Gasteiger partial charge in [-0.25, -0.2) is 4.99 Å². The Morgan fingerprint density at radius 3 is 2.44 bits per heavy atom. The molecule has 0 radical (unpaired) electrons. The molecular formula is C28H25N3O4S. The number of carbonyl (C=O) groups excluding carboxylic acids is 2. The van der Waals surface area contributed by atoms with Crippen molar-refractivity contribution in [3.05, 3.63) is 94.7 Å². The Balaban J connectivity index is 1.33. The SMILES string of the molecule is Cc1ccc(CNC(=O)CSC2=N/C(=C\c3ccc4c(c3)OCO4)C(=O)N2c2ccc(C)cc2)cc1. The molecule has 0 aromatic heterocycles. The van der Waals surface area contributed by atoms with Crippen molar-refractivity contribution < 1.29 is 19.1 Å². The summed E-state index contributed by atoms with van der Waals surface area (Å²) in [4.78, 5) is 32.1. The van der Waals surface area contributed by atoms with Crippen molar-refractivity contribution >= 4 is 40.5 Å². The van der Waals surface area contributed by atoms with Crippen LogP contribution in [0.3, 0.4) is 0 Å². The highest BCUT2D eigenvalue weighted by molar-refractivity contribution is 8.14. The van der Waals surface area contributed by atoms with E-state index in [0.717, 1.165) is 16.7 Å². The van der Waals surface area contributed by atoms with E-state index in [1.165, 1.54) is 17.3 Å². The number of hydrogen-bond acceptors (Lipinski definition) is 6. The first-order valence-electron chi connectivity index (χ1n) is 11.5. The Labute approximate surface area is 213 Å². The fraction of sp³-hybridized carbons (Fsp3) is 0.179. The van der Waals surface area contributed by atoms with Crippen LogP contribution in [0.15, 0.2) is 77.4 Å². The van der Waals surface area contributed by atoms with Crippen molar-refractivity contribution in [3.8, 4) is 11.5 Å². The van der Waals surface area contributed by atoms with Crippen LogP contribution >= 0.6 is 11.8 Å². The molecule has 7 nitrogen and oxygen atoms in total. The first kappa shape index (κ1) is 23.7. The second-order valence-corrected chi connectivity index (χ2v) is 9.51. The smallest absolute Gasteiger partial charge is 0.283 e. The van der Waals surface area contributed by atoms with Crippen LogP contribution in [0.1, 0.15) is 22.3 Å². The Bertz CT molecular complexity index is 1360. The third kappa shape index (κ3) is 5.28. The summed E-state index contributed by atoms with van der Waals surface area (Å²) in [6.07, 6.45) is 1.72. The van der Waals surface area contributed by atoms with E-state index in [9.17, 15) is 9.59 Å². The number of thioether (sulfide) groups is 1. The van der Waals surface area contributed by atoms with Gasteiger partial charge in [-0.3, -0.25) is 14.5 Å². The number of nitrogens with zero attached hydrogens (tertiary/aromatic N) is 2. The Morgan fingerprint density at radius 2 is 1.69 bits per heavy atom. The largest absolute Gasteiger partial charge is 0.454 e. The van der Waals surface area contributed by atoms with Gasteiger partial charge in [-0.15, -0.1) is 0 Å². The monoisotopic (exact) mass is 499 g/mol. The summed E-state index contributed by atoms with van der Waals surface area (Å²) in [5, 5.41) is 3.39. The van der Waals surface area contributed by atoms with Gasteiger partial charge < -0.3 is 14.8 Å². The number of aryl methyl sites for hydroxylation is 2. The predicted molar refractivity (Wildman–Crippen MR) is 142 cm³/mol. The average molecular weight is 500 g/mol. The second-order valence-electron chi connectivity index (χ2n) is 8.56. The molecule has 0 fully saturated rings. The summed E-state index contributed by atoms with van der Waals surface area (Å²) in [7, 11) is 0. The topological polar surface area (TPSA) is 80.2 Å². The number of ether oxygens (including phenoxy) is 2. The molecule has 2 amide bonds. The highest BCUT2D eigenvalue weighted by atomic mass is 32.2. The van der Waals surface area contributed by atoms with Crippen molar-refractivity contribution in [2.24, 2.45) is 4.99 Å². The molecule has 182 valence electrons. The number of nitrogens with one attached hydrogen (secondary N) is 1. The lowest BCUT2D eigenvalue weighted by atomic mass is 10.1. The molecule has 0 atom stereocenters. The first-order chi connectivity index (χ1) is 17.5. The predicted octanol–water partition coefficient (Wildman–Crippen LogP) is 4.83. The normalized spacial score (nSPS) is 15.4. The van der Waals surface area contributed by atoms with E-state index < -0.39 is 0 Å². The van der Waals surface area contributed by atoms with E-state index in [-0.39, 0.29) is 30.1 Å². The maximum atomic E-state index is 13.4. The zero-order valence-corrected chi connectivity index (χ0v) is 20.8. The van der Waals surface area contributed by atoms with E-state index in [1.807, 2.05) is 80.6 Å². The maximum absolute atomic E-state index is 13.4. The van der Waals surface area contributed by atoms with E-state index in [2.05, 4.69) is 10.3 Å². The Kier molecular flexibility index (Phi) is 6.77. The van der Waals surface area contributed by atoms with Crippen LogP contribution in [0, 0.1) is 13.8 Å². The highest BCUT2D eigenvalue weighted by Gasteiger charge is 2.32. The lowest BCUT2D eigenvalue weighted by Crippen LogP contribution is -2.32. The summed E-state index contributed by atoms with van der Waals surface area (Å²) in [5.41, 5.74) is 5.05. The van der Waals surface area contributed by atoms with Crippen LogP contribution in [0.25, 0.3) is 6.08 Å². The number of fused-ring (bicyclic) bond motifs is 1. The molecule has 0 bridgehead atoms. The van der Waals surface area contributed by atoms with Gasteiger partial charge in [-0.05, 0) is 55.3 Å². The number of amidine groups is 1. The minimum Gasteiger partial charge on any atom is -0.454 e. The van der Waals surface area contributed by atoms with E-state index in [1.54, 1.807) is 11.0 Å². The first-order valence-corrected chi connectivity index (χ1v) is 12.5. The van der Waals surface area contributed by atoms with Crippen LogP contribution < -0.4 is 19.7 Å². The van der Waals surface area contributed by atoms with Crippen LogP contribution in [-0.2, 0) is 16.1 Å². The van der Waals surface area contributed by atoms with Crippen LogP contribution in [0.5, 0.6) is 11.5 Å². The molecular weight excluding hydrogens is 474 g/mol. The Morgan fingerprint density at radius 1 is 1.00 bits per heavy atom. The van der Waals surface area contributed by atoms with Crippen LogP contribution in [-0.4, -0.2) is 29.5 Å². The lowest BCUT2D eigenvalue weighted by molar-refractivity contribution is -0.118. The minimum atomic E-state index is -0.251. The molecule has 0 saturated carbocycles. The summed E-state index contributed by atoms with van der Waals surface area (Å²) in [6, 6.07) is 21.1. The van der Waals surface area contributed by atoms with E-state index >= 15 is 0 Å². The molecule has 0 saturated heterocycles. The number of benzene rings is 3. The maximum Gasteiger partial charge on any atom is 0.283 e. The Hall–Kier alpha value is -4.04. The third-order valence-electron chi connectivity index (χ3n) is 5.76. The van der Waals surface area contributed by atoms with Crippen molar-refractivity contribution in [1.82, 2.24) is 5.32 Å². The summed E-state index contributed by atoms with van der Waals surface area (Å²) < 4.78 is 10.8. The standard InChI is InChI=1S/C28H25N3O4S/c1-18-3-7-20(8-4-18)15-29-26(32)16-36-28-30-23(13-21-9-12-24-25(14-21)35-17-34-24)27(33)31(28)22-10-5-19(2)6-11-22/h3-14H,15-17H2,1-2H3,(H,29,32)/b23-13-. The van der Waals surface area contributed by atoms with Gasteiger partial charge in [0.1, 0.15) is 5.70 Å². The molecule has 3 aromatic carbocycles. The highest BCUT2D eigenvalue weighted by Crippen LogP contribution is 2.34. The van der Waals surface area contributed by atoms with Gasteiger partial charge in [-0.1, -0.05) is 65.4 Å². The number of hydrogen-bond donors (Lipinski definition) is 1. The average Bonchev–Trinajstić information content (AvgIpc) is 3.47. The van der Waals surface area contributed by atoms with Crippen molar-refractivity contribution in [1.29, 1.82) is 0 Å². The molecule has 8 heteroatoms. The molecule has 2 heterocycles. The number of anilines is 1. The minimum absolute atomic E-state index is 0.132. The zero-order chi connectivity index (χ0) is 25.1. The summed E-state index contributed by atoms with van der Waals surface area (Å²) >= 11 is 1.23. The second kappa shape index (κ2) is 10.3. The van der Waals surface area contributed by atoms with Gasteiger partial charge >= 0.3 is 0 Å². The van der Waals surface area contributed by atoms with E-state index in [0.29, 0.717) is 28.9 Å². The van der Waals surface area contributed by atoms with Gasteiger partial charge in [0, 0.05) is 6.54 Å². The molecule has 0 aliphatic carbocycles. The quantitative estimate of drug-likeness (QED) is 0.492. The number of carbonyl (C=O) groups is 2. The van der Waals surface area contributed by atoms with Gasteiger partial charge in [-0.2, -0.15) is 0 Å². The number of amides is 2. The number of aliphatic imine (C=N–C) groups is 1.